The zero-order valence-electron chi connectivity index (χ0n) is 22.2. The number of halogens is 2. The van der Waals surface area contributed by atoms with Crippen LogP contribution < -0.4 is 10.6 Å². The topological polar surface area (TPSA) is 110 Å². The van der Waals surface area contributed by atoms with Crippen LogP contribution in [0.15, 0.2) is 54.7 Å². The number of likely N-dealkylation sites (tertiary alicyclic amines) is 1. The number of H-pyrrole nitrogens is 1. The van der Waals surface area contributed by atoms with Gasteiger partial charge >= 0.3 is 0 Å². The molecule has 1 aromatic heterocycles. The first kappa shape index (κ1) is 28.5. The number of aromatic amines is 1. The van der Waals surface area contributed by atoms with Gasteiger partial charge in [0.25, 0.3) is 0 Å². The number of hydrogen-bond donors (Lipinski definition) is 4. The first-order chi connectivity index (χ1) is 18.7. The Hall–Kier alpha value is -3.47. The summed E-state index contributed by atoms with van der Waals surface area (Å²) in [7, 11) is 0. The molecule has 10 heteroatoms. The second kappa shape index (κ2) is 13.1. The van der Waals surface area contributed by atoms with E-state index in [2.05, 4.69) is 27.5 Å². The van der Waals surface area contributed by atoms with E-state index in [1.165, 1.54) is 12.3 Å². The molecule has 4 atom stereocenters. The molecule has 1 unspecified atom stereocenters. The fourth-order valence-corrected chi connectivity index (χ4v) is 4.92. The molecular weight excluding hydrogens is 504 g/mol. The fraction of sp³-hybridized carbons (Fsp3) is 0.414. The zero-order valence-corrected chi connectivity index (χ0v) is 22.2. The van der Waals surface area contributed by atoms with Crippen molar-refractivity contribution >= 4 is 11.7 Å². The van der Waals surface area contributed by atoms with E-state index in [0.717, 1.165) is 37.9 Å². The average molecular weight is 540 g/mol. The molecule has 0 bridgehead atoms. The van der Waals surface area contributed by atoms with E-state index in [1.54, 1.807) is 31.2 Å². The summed E-state index contributed by atoms with van der Waals surface area (Å²) in [6, 6.07) is 10.8. The number of amides is 1. The van der Waals surface area contributed by atoms with E-state index in [-0.39, 0.29) is 30.4 Å². The molecule has 2 heterocycles. The van der Waals surface area contributed by atoms with Gasteiger partial charge < -0.3 is 15.4 Å². The summed E-state index contributed by atoms with van der Waals surface area (Å²) in [4.78, 5) is 35.3. The minimum atomic E-state index is -0.859. The Balaban J connectivity index is 1.45. The molecular formula is C29H35F2N5O3. The number of ketones is 1. The van der Waals surface area contributed by atoms with Gasteiger partial charge in [0.2, 0.25) is 5.91 Å². The van der Waals surface area contributed by atoms with Gasteiger partial charge in [0.05, 0.1) is 30.5 Å². The normalized spacial score (nSPS) is 18.3. The first-order valence-corrected chi connectivity index (χ1v) is 13.3. The van der Waals surface area contributed by atoms with Gasteiger partial charge in [-0.3, -0.25) is 19.8 Å². The van der Waals surface area contributed by atoms with Crippen LogP contribution in [0.1, 0.15) is 61.8 Å². The van der Waals surface area contributed by atoms with Gasteiger partial charge in [-0.25, -0.2) is 13.8 Å². The highest BCUT2D eigenvalue weighted by Gasteiger charge is 2.30. The molecule has 1 amide bonds. The highest BCUT2D eigenvalue weighted by atomic mass is 19.1. The number of piperidine rings is 1. The molecule has 0 spiro atoms. The standard InChI is InChI=1S/C29H35F2N5O3/c1-18-8-6-7-13-36(18)27(38)15-24(32-17-26(37)20-9-4-3-5-10-20)29(39)34-19(2)28-33-16-25(35-28)22-12-11-21(30)14-23(22)31/h3-5,9-12,14,16,18-19,24,27,32,38H,6-8,13,15,17H2,1-2H3,(H,33,35)(H,34,39)/t18-,19-,24-,27?/m0/s1. The highest BCUT2D eigenvalue weighted by molar-refractivity contribution is 5.98. The van der Waals surface area contributed by atoms with Gasteiger partial charge in [-0.15, -0.1) is 0 Å². The van der Waals surface area contributed by atoms with Crippen molar-refractivity contribution in [3.05, 3.63) is 77.8 Å². The number of Topliss-reactive ketones (excluding diaryl/α,β-unsaturated/α-hetero) is 1. The van der Waals surface area contributed by atoms with Crippen LogP contribution in [0.2, 0.25) is 0 Å². The Labute approximate surface area is 226 Å². The Morgan fingerprint density at radius 1 is 1.18 bits per heavy atom. The number of hydrogen-bond acceptors (Lipinski definition) is 6. The van der Waals surface area contributed by atoms with Gasteiger partial charge in [-0.2, -0.15) is 0 Å². The number of nitrogens with one attached hydrogen (secondary N) is 3. The van der Waals surface area contributed by atoms with Crippen LogP contribution in [-0.2, 0) is 4.79 Å². The number of carbonyl (C=O) groups excluding carboxylic acids is 2. The minimum Gasteiger partial charge on any atom is -0.378 e. The smallest absolute Gasteiger partial charge is 0.237 e. The maximum Gasteiger partial charge on any atom is 0.237 e. The SMILES string of the molecule is C[C@H](NC(=O)[C@H](CC(O)N1CCCC[C@@H]1C)NCC(=O)c1ccccc1)c1ncc(-c2ccc(F)cc2F)[nH]1. The molecule has 8 nitrogen and oxygen atoms in total. The van der Waals surface area contributed by atoms with Crippen molar-refractivity contribution in [2.24, 2.45) is 0 Å². The molecule has 0 aliphatic carbocycles. The number of aliphatic hydroxyl groups is 1. The van der Waals surface area contributed by atoms with Crippen LogP contribution in [0.5, 0.6) is 0 Å². The Morgan fingerprint density at radius 3 is 2.67 bits per heavy atom. The van der Waals surface area contributed by atoms with Gasteiger partial charge in [-0.1, -0.05) is 36.8 Å². The molecule has 1 aliphatic rings. The summed E-state index contributed by atoms with van der Waals surface area (Å²) in [6.45, 7) is 4.44. The molecule has 2 aromatic carbocycles. The lowest BCUT2D eigenvalue weighted by atomic mass is 10.0. The summed E-state index contributed by atoms with van der Waals surface area (Å²) < 4.78 is 27.5. The van der Waals surface area contributed by atoms with E-state index in [0.29, 0.717) is 17.1 Å². The van der Waals surface area contributed by atoms with Crippen molar-refractivity contribution in [3.8, 4) is 11.3 Å². The Morgan fingerprint density at radius 2 is 1.95 bits per heavy atom. The first-order valence-electron chi connectivity index (χ1n) is 13.3. The van der Waals surface area contributed by atoms with Gasteiger partial charge in [0, 0.05) is 36.2 Å². The van der Waals surface area contributed by atoms with Crippen molar-refractivity contribution in [2.45, 2.75) is 63.9 Å². The molecule has 1 fully saturated rings. The molecule has 1 saturated heterocycles. The van der Waals surface area contributed by atoms with E-state index in [1.807, 2.05) is 11.0 Å². The van der Waals surface area contributed by atoms with Crippen LogP contribution in [0.25, 0.3) is 11.3 Å². The maximum atomic E-state index is 14.2. The van der Waals surface area contributed by atoms with Gasteiger partial charge in [-0.05, 0) is 38.8 Å². The van der Waals surface area contributed by atoms with Gasteiger partial charge in [0.1, 0.15) is 23.7 Å². The second-order valence-electron chi connectivity index (χ2n) is 10.1. The molecule has 4 N–H and O–H groups in total. The third-order valence-electron chi connectivity index (χ3n) is 7.19. The monoisotopic (exact) mass is 539 g/mol. The van der Waals surface area contributed by atoms with Crippen LogP contribution in [0.4, 0.5) is 8.78 Å². The predicted octanol–water partition coefficient (Wildman–Crippen LogP) is 3.96. The van der Waals surface area contributed by atoms with Crippen molar-refractivity contribution < 1.29 is 23.5 Å². The number of aromatic nitrogens is 2. The molecule has 3 aromatic rings. The van der Waals surface area contributed by atoms with Crippen molar-refractivity contribution in [1.82, 2.24) is 25.5 Å². The predicted molar refractivity (Wildman–Crippen MR) is 144 cm³/mol. The summed E-state index contributed by atoms with van der Waals surface area (Å²) in [6.07, 6.45) is 3.70. The molecule has 208 valence electrons. The number of aliphatic hydroxyl groups excluding tert-OH is 1. The van der Waals surface area contributed by atoms with Crippen LogP contribution in [0, 0.1) is 11.6 Å². The molecule has 39 heavy (non-hydrogen) atoms. The van der Waals surface area contributed by atoms with E-state index >= 15 is 0 Å². The third kappa shape index (κ3) is 7.35. The summed E-state index contributed by atoms with van der Waals surface area (Å²) in [5.74, 6) is -1.60. The molecule has 0 saturated carbocycles. The van der Waals surface area contributed by atoms with E-state index in [9.17, 15) is 23.5 Å². The number of rotatable bonds is 11. The zero-order chi connectivity index (χ0) is 27.9. The molecule has 1 aliphatic heterocycles. The third-order valence-corrected chi connectivity index (χ3v) is 7.19. The maximum absolute atomic E-state index is 14.2. The van der Waals surface area contributed by atoms with E-state index < -0.39 is 35.9 Å². The van der Waals surface area contributed by atoms with E-state index in [4.69, 9.17) is 0 Å². The van der Waals surface area contributed by atoms with Gasteiger partial charge in [0.15, 0.2) is 5.78 Å². The second-order valence-corrected chi connectivity index (χ2v) is 10.1. The number of carbonyl (C=O) groups is 2. The molecule has 0 radical (unpaired) electrons. The fourth-order valence-electron chi connectivity index (χ4n) is 4.92. The molecule has 4 rings (SSSR count). The lowest BCUT2D eigenvalue weighted by Crippen LogP contribution is -2.52. The Bertz CT molecular complexity index is 1270. The van der Waals surface area contributed by atoms with Crippen molar-refractivity contribution in [2.75, 3.05) is 13.1 Å². The van der Waals surface area contributed by atoms with Crippen molar-refractivity contribution in [3.63, 3.8) is 0 Å². The summed E-state index contributed by atoms with van der Waals surface area (Å²) in [5.41, 5.74) is 1.03. The number of imidazole rings is 1. The Kier molecular flexibility index (Phi) is 9.55. The largest absolute Gasteiger partial charge is 0.378 e. The average Bonchev–Trinajstić information content (AvgIpc) is 3.41. The minimum absolute atomic E-state index is 0.0759. The summed E-state index contributed by atoms with van der Waals surface area (Å²) >= 11 is 0. The van der Waals surface area contributed by atoms with Crippen LogP contribution >= 0.6 is 0 Å². The lowest BCUT2D eigenvalue weighted by Gasteiger charge is -2.38. The highest BCUT2D eigenvalue weighted by Crippen LogP contribution is 2.24. The van der Waals surface area contributed by atoms with Crippen LogP contribution in [0.3, 0.4) is 0 Å². The lowest BCUT2D eigenvalue weighted by molar-refractivity contribution is -0.126. The quantitative estimate of drug-likeness (QED) is 0.275. The summed E-state index contributed by atoms with van der Waals surface area (Å²) in [5, 5.41) is 16.9. The van der Waals surface area contributed by atoms with Crippen molar-refractivity contribution in [1.29, 1.82) is 0 Å². The number of nitrogens with zero attached hydrogens (tertiary/aromatic N) is 2. The number of benzene rings is 2. The van der Waals surface area contributed by atoms with Crippen LogP contribution in [-0.4, -0.2) is 63.1 Å².